The van der Waals surface area contributed by atoms with Crippen molar-refractivity contribution in [1.82, 2.24) is 29.9 Å². The lowest BCUT2D eigenvalue weighted by Gasteiger charge is -2.10. The van der Waals surface area contributed by atoms with E-state index < -0.39 is 0 Å². The minimum absolute atomic E-state index is 0.889. The fraction of sp³-hybridized carbons (Fsp3) is 0. The fourth-order valence-electron chi connectivity index (χ4n) is 7.59. The molecule has 5 aromatic carbocycles. The van der Waals surface area contributed by atoms with Gasteiger partial charge in [-0.15, -0.1) is 0 Å². The number of pyridine rings is 6. The van der Waals surface area contributed by atoms with E-state index in [9.17, 15) is 0 Å². The standard InChI is InChI=1S/C48H28N6/c1-3-31-9-10-33-12-18-41(54-47(33)45(31)49-24-1)30-7-5-29(6-8-30)40-21-15-36-27-34(13-19-42(36)52-40)35-14-20-43-37(28-35)16-22-44(53-43)38-23-26-51-48-39(38)17-11-32-4-2-25-50-46(32)48/h1-28H. The zero-order valence-electron chi connectivity index (χ0n) is 28.8. The number of fused-ring (bicyclic) bond motifs is 8. The topological polar surface area (TPSA) is 77.3 Å². The molecule has 11 aromatic rings. The molecule has 0 aliphatic heterocycles. The van der Waals surface area contributed by atoms with Crippen LogP contribution in [0.1, 0.15) is 0 Å². The second kappa shape index (κ2) is 12.1. The highest BCUT2D eigenvalue weighted by molar-refractivity contribution is 6.08. The Morgan fingerprint density at radius 1 is 0.296 bits per heavy atom. The molecule has 0 radical (unpaired) electrons. The maximum atomic E-state index is 5.08. The molecule has 11 rings (SSSR count). The van der Waals surface area contributed by atoms with Crippen molar-refractivity contribution in [3.05, 3.63) is 170 Å². The van der Waals surface area contributed by atoms with E-state index in [1.54, 1.807) is 0 Å². The van der Waals surface area contributed by atoms with Crippen LogP contribution in [0.4, 0.5) is 0 Å². The van der Waals surface area contributed by atoms with Crippen molar-refractivity contribution in [1.29, 1.82) is 0 Å². The first-order chi connectivity index (χ1) is 26.7. The molecule has 0 saturated heterocycles. The van der Waals surface area contributed by atoms with E-state index in [1.807, 2.05) is 36.8 Å². The molecule has 0 saturated carbocycles. The molecule has 0 N–H and O–H groups in total. The smallest absolute Gasteiger partial charge is 0.0972 e. The van der Waals surface area contributed by atoms with Gasteiger partial charge >= 0.3 is 0 Å². The van der Waals surface area contributed by atoms with Gasteiger partial charge in [-0.1, -0.05) is 91.0 Å². The lowest BCUT2D eigenvalue weighted by Crippen LogP contribution is -1.91. The van der Waals surface area contributed by atoms with Crippen molar-refractivity contribution in [3.8, 4) is 44.9 Å². The lowest BCUT2D eigenvalue weighted by molar-refractivity contribution is 1.36. The van der Waals surface area contributed by atoms with E-state index in [4.69, 9.17) is 15.0 Å². The number of aromatic nitrogens is 6. The Kier molecular flexibility index (Phi) is 6.75. The SMILES string of the molecule is c1cnc2c(c1)ccc1ccc(-c3ccc(-c4ccc5cc(-c6ccc7nc(-c8ccnc9c8ccc8cccnc89)ccc7c6)ccc5n4)cc3)nc12. The van der Waals surface area contributed by atoms with E-state index in [0.29, 0.717) is 0 Å². The molecular weight excluding hydrogens is 661 g/mol. The Morgan fingerprint density at radius 3 is 1.44 bits per heavy atom. The molecule has 0 unspecified atom stereocenters. The van der Waals surface area contributed by atoms with Crippen molar-refractivity contribution < 1.29 is 0 Å². The first-order valence-electron chi connectivity index (χ1n) is 17.9. The summed E-state index contributed by atoms with van der Waals surface area (Å²) in [5.74, 6) is 0. The highest BCUT2D eigenvalue weighted by Gasteiger charge is 2.12. The largest absolute Gasteiger partial charge is 0.254 e. The summed E-state index contributed by atoms with van der Waals surface area (Å²) in [6.07, 6.45) is 5.48. The molecule has 250 valence electrons. The zero-order chi connectivity index (χ0) is 35.6. The van der Waals surface area contributed by atoms with Crippen molar-refractivity contribution in [2.24, 2.45) is 0 Å². The van der Waals surface area contributed by atoms with Gasteiger partial charge in [0.1, 0.15) is 0 Å². The molecule has 6 nitrogen and oxygen atoms in total. The van der Waals surface area contributed by atoms with E-state index in [0.717, 1.165) is 110 Å². The molecule has 6 aromatic heterocycles. The van der Waals surface area contributed by atoms with Gasteiger partial charge < -0.3 is 0 Å². The van der Waals surface area contributed by atoms with Gasteiger partial charge in [0.25, 0.3) is 0 Å². The second-order valence-corrected chi connectivity index (χ2v) is 13.6. The minimum Gasteiger partial charge on any atom is -0.254 e. The Morgan fingerprint density at radius 2 is 0.778 bits per heavy atom. The van der Waals surface area contributed by atoms with E-state index in [2.05, 4.69) is 148 Å². The van der Waals surface area contributed by atoms with Crippen LogP contribution in [0.3, 0.4) is 0 Å². The van der Waals surface area contributed by atoms with Crippen LogP contribution in [-0.2, 0) is 0 Å². The summed E-state index contributed by atoms with van der Waals surface area (Å²) in [5.41, 5.74) is 13.7. The Balaban J connectivity index is 0.871. The highest BCUT2D eigenvalue weighted by atomic mass is 14.8. The van der Waals surface area contributed by atoms with Gasteiger partial charge in [-0.25, -0.2) is 15.0 Å². The van der Waals surface area contributed by atoms with Gasteiger partial charge in [-0.3, -0.25) is 15.0 Å². The average Bonchev–Trinajstić information content (AvgIpc) is 3.25. The van der Waals surface area contributed by atoms with Crippen molar-refractivity contribution in [2.45, 2.75) is 0 Å². The molecule has 0 spiro atoms. The third kappa shape index (κ3) is 5.04. The van der Waals surface area contributed by atoms with Gasteiger partial charge in [0, 0.05) is 67.6 Å². The van der Waals surface area contributed by atoms with Crippen LogP contribution in [0.15, 0.2) is 170 Å². The molecule has 6 heteroatoms. The number of rotatable bonds is 4. The first kappa shape index (κ1) is 30.2. The van der Waals surface area contributed by atoms with Crippen LogP contribution < -0.4 is 0 Å². The maximum Gasteiger partial charge on any atom is 0.0972 e. The van der Waals surface area contributed by atoms with Crippen LogP contribution in [0.2, 0.25) is 0 Å². The maximum absolute atomic E-state index is 5.08. The summed E-state index contributed by atoms with van der Waals surface area (Å²) in [4.78, 5) is 29.0. The molecule has 0 bridgehead atoms. The van der Waals surface area contributed by atoms with Crippen molar-refractivity contribution >= 4 is 65.4 Å². The molecular formula is C48H28N6. The number of benzene rings is 5. The quantitative estimate of drug-likeness (QED) is 0.171. The Hall–Kier alpha value is -7.44. The molecule has 0 fully saturated rings. The lowest BCUT2D eigenvalue weighted by atomic mass is 9.99. The number of hydrogen-bond acceptors (Lipinski definition) is 6. The van der Waals surface area contributed by atoms with Crippen LogP contribution in [0, 0.1) is 0 Å². The van der Waals surface area contributed by atoms with Crippen LogP contribution in [0.5, 0.6) is 0 Å². The summed E-state index contributed by atoms with van der Waals surface area (Å²) in [6.45, 7) is 0. The van der Waals surface area contributed by atoms with Gasteiger partial charge in [0.2, 0.25) is 0 Å². The predicted molar refractivity (Wildman–Crippen MR) is 220 cm³/mol. The summed E-state index contributed by atoms with van der Waals surface area (Å²) < 4.78 is 0. The van der Waals surface area contributed by atoms with Crippen molar-refractivity contribution in [3.63, 3.8) is 0 Å². The van der Waals surface area contributed by atoms with Crippen LogP contribution in [-0.4, -0.2) is 29.9 Å². The Labute approximate surface area is 309 Å². The normalized spacial score (nSPS) is 11.7. The van der Waals surface area contributed by atoms with Gasteiger partial charge in [-0.2, -0.15) is 0 Å². The number of nitrogens with zero attached hydrogens (tertiary/aromatic N) is 6. The average molecular weight is 689 g/mol. The molecule has 6 heterocycles. The summed E-state index contributed by atoms with van der Waals surface area (Å²) in [7, 11) is 0. The predicted octanol–water partition coefficient (Wildman–Crippen LogP) is 11.6. The number of hydrogen-bond donors (Lipinski definition) is 0. The zero-order valence-corrected chi connectivity index (χ0v) is 28.8. The van der Waals surface area contributed by atoms with Gasteiger partial charge in [0.05, 0.1) is 50.2 Å². The second-order valence-electron chi connectivity index (χ2n) is 13.6. The monoisotopic (exact) mass is 688 g/mol. The van der Waals surface area contributed by atoms with Crippen LogP contribution in [0.25, 0.3) is 110 Å². The van der Waals surface area contributed by atoms with E-state index in [1.165, 1.54) is 0 Å². The van der Waals surface area contributed by atoms with Gasteiger partial charge in [-0.05, 0) is 71.8 Å². The molecule has 0 atom stereocenters. The molecule has 0 aliphatic carbocycles. The molecule has 0 amide bonds. The third-order valence-electron chi connectivity index (χ3n) is 10.4. The van der Waals surface area contributed by atoms with E-state index >= 15 is 0 Å². The van der Waals surface area contributed by atoms with Crippen LogP contribution >= 0.6 is 0 Å². The molecule has 0 aliphatic rings. The molecule has 54 heavy (non-hydrogen) atoms. The van der Waals surface area contributed by atoms with Crippen molar-refractivity contribution in [2.75, 3.05) is 0 Å². The minimum atomic E-state index is 0.889. The summed E-state index contributed by atoms with van der Waals surface area (Å²) in [6, 6.07) is 52.6. The fourth-order valence-corrected chi connectivity index (χ4v) is 7.59. The Bertz CT molecular complexity index is 3280. The summed E-state index contributed by atoms with van der Waals surface area (Å²) in [5, 5.41) is 6.47. The van der Waals surface area contributed by atoms with Gasteiger partial charge in [0.15, 0.2) is 0 Å². The summed E-state index contributed by atoms with van der Waals surface area (Å²) >= 11 is 0. The highest BCUT2D eigenvalue weighted by Crippen LogP contribution is 2.34. The third-order valence-corrected chi connectivity index (χ3v) is 10.4. The van der Waals surface area contributed by atoms with E-state index in [-0.39, 0.29) is 0 Å². The first-order valence-corrected chi connectivity index (χ1v) is 17.9.